The van der Waals surface area contributed by atoms with Crippen LogP contribution >= 0.6 is 0 Å². The zero-order valence-corrected chi connectivity index (χ0v) is 19.3. The fraction of sp³-hybridized carbons (Fsp3) is 0.667. The van der Waals surface area contributed by atoms with E-state index in [9.17, 15) is 24.3 Å². The Morgan fingerprint density at radius 1 is 1.06 bits per heavy atom. The van der Waals surface area contributed by atoms with Gasteiger partial charge in [-0.1, -0.05) is 34.1 Å². The Morgan fingerprint density at radius 2 is 1.72 bits per heavy atom. The number of nitrogens with one attached hydrogen (secondary N) is 4. The van der Waals surface area contributed by atoms with Crippen LogP contribution in [0.15, 0.2) is 12.5 Å². The predicted octanol–water partition coefficient (Wildman–Crippen LogP) is -0.0694. The monoisotopic (exact) mass is 452 g/mol. The van der Waals surface area contributed by atoms with E-state index >= 15 is 0 Å². The SMILES string of the molecule is CCC(C)C(NC(=O)C(C)NC(=O)C(Cc1cnc[nH]1)NC(=O)C(N)CC(C)C)C(=O)O. The number of carboxylic acid groups (broad SMARTS) is 1. The highest BCUT2D eigenvalue weighted by Crippen LogP contribution is 2.09. The lowest BCUT2D eigenvalue weighted by Gasteiger charge is -2.25. The molecule has 0 bridgehead atoms. The van der Waals surface area contributed by atoms with Gasteiger partial charge in [0.25, 0.3) is 0 Å². The maximum atomic E-state index is 12.9. The summed E-state index contributed by atoms with van der Waals surface area (Å²) in [5.41, 5.74) is 6.54. The summed E-state index contributed by atoms with van der Waals surface area (Å²) >= 11 is 0. The highest BCUT2D eigenvalue weighted by atomic mass is 16.4. The highest BCUT2D eigenvalue weighted by molar-refractivity contribution is 5.94. The van der Waals surface area contributed by atoms with Crippen molar-refractivity contribution in [1.29, 1.82) is 0 Å². The third-order valence-corrected chi connectivity index (χ3v) is 5.20. The van der Waals surface area contributed by atoms with Gasteiger partial charge in [0.05, 0.1) is 12.4 Å². The molecular weight excluding hydrogens is 416 g/mol. The van der Waals surface area contributed by atoms with E-state index in [2.05, 4.69) is 25.9 Å². The van der Waals surface area contributed by atoms with Crippen molar-refractivity contribution >= 4 is 23.7 Å². The highest BCUT2D eigenvalue weighted by Gasteiger charge is 2.30. The summed E-state index contributed by atoms with van der Waals surface area (Å²) in [6, 6.07) is -3.86. The Bertz CT molecular complexity index is 767. The molecule has 1 heterocycles. The fourth-order valence-corrected chi connectivity index (χ4v) is 3.06. The van der Waals surface area contributed by atoms with Crippen LogP contribution in [0.5, 0.6) is 0 Å². The number of hydrogen-bond acceptors (Lipinski definition) is 6. The first-order valence-corrected chi connectivity index (χ1v) is 10.8. The van der Waals surface area contributed by atoms with E-state index in [4.69, 9.17) is 5.73 Å². The molecule has 5 atom stereocenters. The summed E-state index contributed by atoms with van der Waals surface area (Å²) in [6.45, 7) is 8.86. The summed E-state index contributed by atoms with van der Waals surface area (Å²) in [4.78, 5) is 56.1. The van der Waals surface area contributed by atoms with Crippen molar-refractivity contribution < 1.29 is 24.3 Å². The number of carbonyl (C=O) groups excluding carboxylic acids is 3. The van der Waals surface area contributed by atoms with Gasteiger partial charge in [0.1, 0.15) is 18.1 Å². The summed E-state index contributed by atoms with van der Waals surface area (Å²) in [7, 11) is 0. The van der Waals surface area contributed by atoms with Crippen LogP contribution in [-0.2, 0) is 25.6 Å². The first-order valence-electron chi connectivity index (χ1n) is 10.8. The Kier molecular flexibility index (Phi) is 10.8. The van der Waals surface area contributed by atoms with Gasteiger partial charge < -0.3 is 31.8 Å². The molecule has 5 unspecified atom stereocenters. The minimum absolute atomic E-state index is 0.116. The van der Waals surface area contributed by atoms with Crippen molar-refractivity contribution in [3.8, 4) is 0 Å². The number of imidazole rings is 1. The topological polar surface area (TPSA) is 179 Å². The predicted molar refractivity (Wildman–Crippen MR) is 118 cm³/mol. The van der Waals surface area contributed by atoms with Crippen LogP contribution in [0.2, 0.25) is 0 Å². The van der Waals surface area contributed by atoms with Gasteiger partial charge in [-0.15, -0.1) is 0 Å². The van der Waals surface area contributed by atoms with E-state index in [1.54, 1.807) is 6.92 Å². The Labute approximate surface area is 188 Å². The van der Waals surface area contributed by atoms with E-state index in [1.165, 1.54) is 19.4 Å². The molecule has 3 amide bonds. The lowest BCUT2D eigenvalue weighted by Crippen LogP contribution is -2.57. The van der Waals surface area contributed by atoms with Gasteiger partial charge in [-0.25, -0.2) is 9.78 Å². The van der Waals surface area contributed by atoms with E-state index in [0.29, 0.717) is 18.5 Å². The molecule has 0 saturated heterocycles. The normalized spacial score (nSPS) is 15.8. The summed E-state index contributed by atoms with van der Waals surface area (Å²) in [5.74, 6) is -2.92. The first kappa shape index (κ1) is 27.1. The minimum Gasteiger partial charge on any atom is -0.480 e. The molecule has 0 aromatic carbocycles. The number of nitrogens with zero attached hydrogens (tertiary/aromatic N) is 1. The third kappa shape index (κ3) is 8.66. The molecule has 32 heavy (non-hydrogen) atoms. The van der Waals surface area contributed by atoms with Crippen LogP contribution in [0.3, 0.4) is 0 Å². The molecule has 11 heteroatoms. The zero-order valence-electron chi connectivity index (χ0n) is 19.3. The number of amides is 3. The second-order valence-corrected chi connectivity index (χ2v) is 8.52. The number of hydrogen-bond donors (Lipinski definition) is 6. The smallest absolute Gasteiger partial charge is 0.326 e. The summed E-state index contributed by atoms with van der Waals surface area (Å²) < 4.78 is 0. The molecule has 1 aromatic rings. The number of carboxylic acids is 1. The van der Waals surface area contributed by atoms with Gasteiger partial charge in [-0.2, -0.15) is 0 Å². The van der Waals surface area contributed by atoms with Gasteiger partial charge in [0.2, 0.25) is 17.7 Å². The molecule has 0 saturated carbocycles. The molecule has 0 aliphatic carbocycles. The zero-order chi connectivity index (χ0) is 24.4. The average Bonchev–Trinajstić information content (AvgIpc) is 3.22. The van der Waals surface area contributed by atoms with E-state index < -0.39 is 47.9 Å². The molecule has 1 aromatic heterocycles. The Morgan fingerprint density at radius 3 is 2.22 bits per heavy atom. The van der Waals surface area contributed by atoms with Crippen LogP contribution in [0.4, 0.5) is 0 Å². The molecule has 7 N–H and O–H groups in total. The number of aromatic nitrogens is 2. The molecular formula is C21H36N6O5. The van der Waals surface area contributed by atoms with Gasteiger partial charge >= 0.3 is 5.97 Å². The van der Waals surface area contributed by atoms with E-state index in [0.717, 1.165) is 0 Å². The van der Waals surface area contributed by atoms with Crippen LogP contribution in [0.1, 0.15) is 53.2 Å². The number of H-pyrrole nitrogens is 1. The van der Waals surface area contributed by atoms with Gasteiger partial charge in [-0.3, -0.25) is 14.4 Å². The van der Waals surface area contributed by atoms with Crippen LogP contribution in [0, 0.1) is 11.8 Å². The molecule has 180 valence electrons. The lowest BCUT2D eigenvalue weighted by atomic mass is 9.99. The molecule has 0 fully saturated rings. The third-order valence-electron chi connectivity index (χ3n) is 5.20. The van der Waals surface area contributed by atoms with Crippen molar-refractivity contribution in [3.05, 3.63) is 18.2 Å². The second-order valence-electron chi connectivity index (χ2n) is 8.52. The largest absolute Gasteiger partial charge is 0.480 e. The Hall–Kier alpha value is -2.95. The Balaban J connectivity index is 2.86. The molecule has 0 spiro atoms. The fourth-order valence-electron chi connectivity index (χ4n) is 3.06. The summed E-state index contributed by atoms with van der Waals surface area (Å²) in [6.07, 6.45) is 4.11. The number of rotatable bonds is 13. The number of aromatic amines is 1. The lowest BCUT2D eigenvalue weighted by molar-refractivity contribution is -0.143. The van der Waals surface area contributed by atoms with Gasteiger partial charge in [0.15, 0.2) is 0 Å². The number of aliphatic carboxylic acids is 1. The molecule has 0 aliphatic heterocycles. The van der Waals surface area contributed by atoms with Crippen molar-refractivity contribution in [3.63, 3.8) is 0 Å². The number of carbonyl (C=O) groups is 4. The molecule has 1 rings (SSSR count). The van der Waals surface area contributed by atoms with E-state index in [-0.39, 0.29) is 18.3 Å². The van der Waals surface area contributed by atoms with E-state index in [1.807, 2.05) is 20.8 Å². The van der Waals surface area contributed by atoms with Gasteiger partial charge in [0, 0.05) is 18.3 Å². The van der Waals surface area contributed by atoms with Crippen molar-refractivity contribution in [2.24, 2.45) is 17.6 Å². The second kappa shape index (κ2) is 12.8. The van der Waals surface area contributed by atoms with Crippen molar-refractivity contribution in [2.75, 3.05) is 0 Å². The first-order chi connectivity index (χ1) is 15.0. The van der Waals surface area contributed by atoms with Gasteiger partial charge in [-0.05, 0) is 25.2 Å². The minimum atomic E-state index is -1.14. The maximum Gasteiger partial charge on any atom is 0.326 e. The maximum absolute atomic E-state index is 12.9. The van der Waals surface area contributed by atoms with Crippen molar-refractivity contribution in [1.82, 2.24) is 25.9 Å². The quantitative estimate of drug-likeness (QED) is 0.242. The van der Waals surface area contributed by atoms with Crippen LogP contribution < -0.4 is 21.7 Å². The molecule has 11 nitrogen and oxygen atoms in total. The molecule has 0 aliphatic rings. The van der Waals surface area contributed by atoms with Crippen LogP contribution in [0.25, 0.3) is 0 Å². The summed E-state index contributed by atoms with van der Waals surface area (Å²) in [5, 5.41) is 17.0. The average molecular weight is 453 g/mol. The van der Waals surface area contributed by atoms with Crippen molar-refractivity contribution in [2.45, 2.75) is 78.0 Å². The molecule has 0 radical (unpaired) electrons. The van der Waals surface area contributed by atoms with Crippen LogP contribution in [-0.4, -0.2) is 62.9 Å². The number of nitrogens with two attached hydrogens (primary N) is 1. The standard InChI is InChI=1S/C21H36N6O5/c1-6-12(4)17(21(31)32)27-18(28)13(5)25-20(30)16(8-14-9-23-10-24-14)26-19(29)15(22)7-11(2)3/h9-13,15-17H,6-8,22H2,1-5H3,(H,23,24)(H,25,30)(H,26,29)(H,27,28)(H,31,32).